The van der Waals surface area contributed by atoms with E-state index < -0.39 is 0 Å². The van der Waals surface area contributed by atoms with Gasteiger partial charge >= 0.3 is 0 Å². The van der Waals surface area contributed by atoms with Gasteiger partial charge in [-0.3, -0.25) is 4.79 Å². The number of benzene rings is 1. The summed E-state index contributed by atoms with van der Waals surface area (Å²) in [4.78, 5) is 16.8. The van der Waals surface area contributed by atoms with Crippen LogP contribution >= 0.6 is 11.6 Å². The zero-order valence-corrected chi connectivity index (χ0v) is 13.2. The molecule has 20 heavy (non-hydrogen) atoms. The largest absolute Gasteiger partial charge is 0.339 e. The lowest BCUT2D eigenvalue weighted by atomic mass is 10.0. The molecule has 0 aromatic heterocycles. The van der Waals surface area contributed by atoms with Crippen molar-refractivity contribution in [1.82, 2.24) is 9.80 Å². The minimum atomic E-state index is 0.0877. The zero-order valence-electron chi connectivity index (χ0n) is 12.5. The maximum Gasteiger partial charge on any atom is 0.253 e. The summed E-state index contributed by atoms with van der Waals surface area (Å²) in [6, 6.07) is 8.06. The number of halogens is 1. The number of piperidine rings is 1. The van der Waals surface area contributed by atoms with Gasteiger partial charge < -0.3 is 9.80 Å². The fraction of sp³-hybridized carbons (Fsp3) is 0.562. The van der Waals surface area contributed by atoms with E-state index in [-0.39, 0.29) is 5.91 Å². The highest BCUT2D eigenvalue weighted by molar-refractivity contribution is 6.30. The van der Waals surface area contributed by atoms with Crippen LogP contribution in [0.25, 0.3) is 0 Å². The minimum Gasteiger partial charge on any atom is -0.339 e. The Morgan fingerprint density at radius 1 is 1.25 bits per heavy atom. The highest BCUT2D eigenvalue weighted by Crippen LogP contribution is 2.19. The highest BCUT2D eigenvalue weighted by Gasteiger charge is 2.26. The molecule has 0 saturated carbocycles. The third-order valence-corrected chi connectivity index (χ3v) is 4.44. The lowest BCUT2D eigenvalue weighted by Gasteiger charge is -2.38. The molecule has 0 radical (unpaired) electrons. The quantitative estimate of drug-likeness (QED) is 0.854. The van der Waals surface area contributed by atoms with Crippen molar-refractivity contribution >= 4 is 17.5 Å². The molecule has 0 unspecified atom stereocenters. The van der Waals surface area contributed by atoms with Crippen molar-refractivity contribution in [3.05, 3.63) is 34.9 Å². The van der Waals surface area contributed by atoms with Gasteiger partial charge in [-0.1, -0.05) is 11.6 Å². The molecule has 0 atom stereocenters. The SMILES string of the molecule is CC(C)N1CCC(N(C)C(=O)c2ccc(Cl)cc2)CC1. The van der Waals surface area contributed by atoms with Crippen LogP contribution in [-0.4, -0.2) is 47.9 Å². The van der Waals surface area contributed by atoms with Crippen molar-refractivity contribution in [1.29, 1.82) is 0 Å². The molecule has 4 heteroatoms. The van der Waals surface area contributed by atoms with Gasteiger partial charge in [-0.05, 0) is 51.0 Å². The minimum absolute atomic E-state index is 0.0877. The second kappa shape index (κ2) is 6.59. The number of likely N-dealkylation sites (tertiary alicyclic amines) is 1. The summed E-state index contributed by atoms with van der Waals surface area (Å²) in [6.45, 7) is 6.59. The average molecular weight is 295 g/mol. The van der Waals surface area contributed by atoms with Gasteiger partial charge in [0.15, 0.2) is 0 Å². The van der Waals surface area contributed by atoms with Crippen molar-refractivity contribution in [2.45, 2.75) is 38.8 Å². The van der Waals surface area contributed by atoms with Gasteiger partial charge in [0.25, 0.3) is 5.91 Å². The van der Waals surface area contributed by atoms with Crippen molar-refractivity contribution in [3.63, 3.8) is 0 Å². The molecule has 1 amide bonds. The van der Waals surface area contributed by atoms with Crippen LogP contribution in [0.3, 0.4) is 0 Å². The van der Waals surface area contributed by atoms with E-state index in [0.717, 1.165) is 25.9 Å². The Morgan fingerprint density at radius 2 is 1.80 bits per heavy atom. The number of hydrogen-bond donors (Lipinski definition) is 0. The normalized spacial score (nSPS) is 17.4. The molecule has 3 nitrogen and oxygen atoms in total. The molecule has 0 spiro atoms. The van der Waals surface area contributed by atoms with E-state index in [0.29, 0.717) is 22.7 Å². The molecule has 2 rings (SSSR count). The Hall–Kier alpha value is -1.06. The average Bonchev–Trinajstić information content (AvgIpc) is 2.46. The van der Waals surface area contributed by atoms with Gasteiger partial charge in [0, 0.05) is 42.8 Å². The Kier molecular flexibility index (Phi) is 5.06. The van der Waals surface area contributed by atoms with Crippen molar-refractivity contribution in [2.75, 3.05) is 20.1 Å². The molecule has 1 aromatic rings. The van der Waals surface area contributed by atoms with E-state index in [4.69, 9.17) is 11.6 Å². The molecule has 0 aliphatic carbocycles. The Labute approximate surface area is 126 Å². The number of nitrogens with zero attached hydrogens (tertiary/aromatic N) is 2. The highest BCUT2D eigenvalue weighted by atomic mass is 35.5. The number of carbonyl (C=O) groups is 1. The number of carbonyl (C=O) groups excluding carboxylic acids is 1. The summed E-state index contributed by atoms with van der Waals surface area (Å²) < 4.78 is 0. The van der Waals surface area contributed by atoms with Gasteiger partial charge in [0.05, 0.1) is 0 Å². The predicted octanol–water partition coefficient (Wildman–Crippen LogP) is 3.28. The topological polar surface area (TPSA) is 23.6 Å². The van der Waals surface area contributed by atoms with E-state index in [1.165, 1.54) is 0 Å². The Morgan fingerprint density at radius 3 is 2.30 bits per heavy atom. The molecule has 1 heterocycles. The summed E-state index contributed by atoms with van der Waals surface area (Å²) in [5.74, 6) is 0.0877. The lowest BCUT2D eigenvalue weighted by Crippen LogP contribution is -2.47. The number of rotatable bonds is 3. The lowest BCUT2D eigenvalue weighted by molar-refractivity contribution is 0.0615. The van der Waals surface area contributed by atoms with E-state index in [1.807, 2.05) is 11.9 Å². The molecule has 1 aliphatic rings. The van der Waals surface area contributed by atoms with Gasteiger partial charge in [-0.15, -0.1) is 0 Å². The smallest absolute Gasteiger partial charge is 0.253 e. The first-order valence-corrected chi connectivity index (χ1v) is 7.63. The standard InChI is InChI=1S/C16H23ClN2O/c1-12(2)19-10-8-15(9-11-19)18(3)16(20)13-4-6-14(17)7-5-13/h4-7,12,15H,8-11H2,1-3H3. The molecule has 1 aromatic carbocycles. The van der Waals surface area contributed by atoms with Gasteiger partial charge in [-0.2, -0.15) is 0 Å². The Balaban J connectivity index is 1.96. The van der Waals surface area contributed by atoms with Crippen LogP contribution in [0.5, 0.6) is 0 Å². The monoisotopic (exact) mass is 294 g/mol. The molecule has 1 fully saturated rings. The van der Waals surface area contributed by atoms with Crippen LogP contribution in [0.2, 0.25) is 5.02 Å². The van der Waals surface area contributed by atoms with E-state index >= 15 is 0 Å². The third-order valence-electron chi connectivity index (χ3n) is 4.19. The van der Waals surface area contributed by atoms with Crippen LogP contribution in [0.15, 0.2) is 24.3 Å². The molecule has 1 saturated heterocycles. The number of amides is 1. The first kappa shape index (κ1) is 15.3. The molecular formula is C16H23ClN2O. The van der Waals surface area contributed by atoms with E-state index in [9.17, 15) is 4.79 Å². The summed E-state index contributed by atoms with van der Waals surface area (Å²) >= 11 is 5.86. The van der Waals surface area contributed by atoms with Crippen LogP contribution in [0, 0.1) is 0 Å². The van der Waals surface area contributed by atoms with Crippen LogP contribution in [-0.2, 0) is 0 Å². The predicted molar refractivity (Wildman–Crippen MR) is 83.3 cm³/mol. The maximum atomic E-state index is 12.4. The second-order valence-corrected chi connectivity index (χ2v) is 6.22. The molecule has 0 N–H and O–H groups in total. The van der Waals surface area contributed by atoms with E-state index in [2.05, 4.69) is 18.7 Å². The van der Waals surface area contributed by atoms with Crippen LogP contribution in [0.4, 0.5) is 0 Å². The summed E-state index contributed by atoms with van der Waals surface area (Å²) in [5.41, 5.74) is 0.711. The maximum absolute atomic E-state index is 12.4. The van der Waals surface area contributed by atoms with Crippen LogP contribution in [0.1, 0.15) is 37.0 Å². The fourth-order valence-corrected chi connectivity index (χ4v) is 2.88. The van der Waals surface area contributed by atoms with Gasteiger partial charge in [0.2, 0.25) is 0 Å². The summed E-state index contributed by atoms with van der Waals surface area (Å²) in [5, 5.41) is 0.662. The Bertz CT molecular complexity index is 450. The molecule has 1 aliphatic heterocycles. The van der Waals surface area contributed by atoms with Crippen LogP contribution < -0.4 is 0 Å². The third kappa shape index (κ3) is 3.53. The van der Waals surface area contributed by atoms with Gasteiger partial charge in [0.1, 0.15) is 0 Å². The molecule has 0 bridgehead atoms. The first-order chi connectivity index (χ1) is 9.49. The fourth-order valence-electron chi connectivity index (χ4n) is 2.75. The second-order valence-electron chi connectivity index (χ2n) is 5.78. The summed E-state index contributed by atoms with van der Waals surface area (Å²) in [6.07, 6.45) is 2.10. The molecule has 110 valence electrons. The first-order valence-electron chi connectivity index (χ1n) is 7.26. The van der Waals surface area contributed by atoms with E-state index in [1.54, 1.807) is 24.3 Å². The summed E-state index contributed by atoms with van der Waals surface area (Å²) in [7, 11) is 1.91. The van der Waals surface area contributed by atoms with Crippen molar-refractivity contribution < 1.29 is 4.79 Å². The van der Waals surface area contributed by atoms with Crippen molar-refractivity contribution in [3.8, 4) is 0 Å². The molecular weight excluding hydrogens is 272 g/mol. The van der Waals surface area contributed by atoms with Crippen molar-refractivity contribution in [2.24, 2.45) is 0 Å². The number of hydrogen-bond acceptors (Lipinski definition) is 2. The zero-order chi connectivity index (χ0) is 14.7. The van der Waals surface area contributed by atoms with Gasteiger partial charge in [-0.25, -0.2) is 0 Å².